The lowest BCUT2D eigenvalue weighted by atomic mass is 9.83. The Morgan fingerprint density at radius 3 is 2.67 bits per heavy atom. The number of nitrogens with one attached hydrogen (secondary N) is 2. The van der Waals surface area contributed by atoms with Crippen LogP contribution in [0.1, 0.15) is 77.7 Å². The monoisotopic (exact) mass is 862 g/mol. The SMILES string of the molecule is C=C1CCC(N2Cc3c(ccc4c3OC[C@H]3CN(CC5COC6(CCN(c7ccc(C8c9ccc%10[nH]ncc%10c9C[C@@H](C)N8CC(F)F)c(OC)c7)CC6)C5)CCN43)C2=O)C(=O)N1. The van der Waals surface area contributed by atoms with Crippen molar-refractivity contribution in [3.05, 3.63) is 88.8 Å². The first-order chi connectivity index (χ1) is 30.6. The summed E-state index contributed by atoms with van der Waals surface area (Å²) in [5, 5.41) is 11.2. The number of rotatable bonds is 8. The Balaban J connectivity index is 0.720. The van der Waals surface area contributed by atoms with Crippen molar-refractivity contribution in [1.82, 2.24) is 30.2 Å². The zero-order chi connectivity index (χ0) is 43.1. The molecular weight excluding hydrogens is 807 g/mol. The second-order valence-corrected chi connectivity index (χ2v) is 18.9. The number of nitrogens with zero attached hydrogens (tertiary/aromatic N) is 6. The van der Waals surface area contributed by atoms with Crippen molar-refractivity contribution in [3.8, 4) is 11.5 Å². The molecule has 5 atom stereocenters. The van der Waals surface area contributed by atoms with Crippen molar-refractivity contribution in [1.29, 1.82) is 0 Å². The zero-order valence-corrected chi connectivity index (χ0v) is 36.1. The van der Waals surface area contributed by atoms with Crippen LogP contribution in [-0.4, -0.2) is 133 Å². The predicted octanol–water partition coefficient (Wildman–Crippen LogP) is 5.88. The molecule has 0 bridgehead atoms. The summed E-state index contributed by atoms with van der Waals surface area (Å²) in [5.74, 6) is 1.68. The smallest absolute Gasteiger partial charge is 0.255 e. The number of H-pyrrole nitrogens is 1. The van der Waals surface area contributed by atoms with Crippen LogP contribution in [0.25, 0.3) is 10.9 Å². The maximum atomic E-state index is 14.1. The van der Waals surface area contributed by atoms with E-state index in [4.69, 9.17) is 14.2 Å². The second kappa shape index (κ2) is 15.8. The van der Waals surface area contributed by atoms with E-state index in [1.54, 1.807) is 12.0 Å². The second-order valence-electron chi connectivity index (χ2n) is 18.9. The van der Waals surface area contributed by atoms with Crippen molar-refractivity contribution in [2.24, 2.45) is 5.92 Å². The number of carbonyl (C=O) groups excluding carboxylic acids is 2. The molecular formula is C48H56F2N8O5. The van der Waals surface area contributed by atoms with Gasteiger partial charge in [-0.2, -0.15) is 5.10 Å². The van der Waals surface area contributed by atoms with Crippen LogP contribution in [0.4, 0.5) is 20.2 Å². The number of anilines is 2. The van der Waals surface area contributed by atoms with Crippen molar-refractivity contribution < 1.29 is 32.6 Å². The van der Waals surface area contributed by atoms with Gasteiger partial charge in [-0.25, -0.2) is 8.78 Å². The highest BCUT2D eigenvalue weighted by atomic mass is 19.3. The van der Waals surface area contributed by atoms with Gasteiger partial charge in [0.2, 0.25) is 5.91 Å². The number of piperazine rings is 1. The number of ether oxygens (including phenoxy) is 3. The maximum absolute atomic E-state index is 14.1. The highest BCUT2D eigenvalue weighted by Crippen LogP contribution is 2.47. The number of alkyl halides is 2. The Hall–Kier alpha value is -5.25. The summed E-state index contributed by atoms with van der Waals surface area (Å²) < 4.78 is 47.4. The van der Waals surface area contributed by atoms with E-state index in [1.807, 2.05) is 36.2 Å². The summed E-state index contributed by atoms with van der Waals surface area (Å²) in [6.07, 6.45) is 4.22. The number of aromatic amines is 1. The number of fused-ring (bicyclic) bond motifs is 8. The number of carbonyl (C=O) groups is 2. The largest absolute Gasteiger partial charge is 0.496 e. The van der Waals surface area contributed by atoms with Crippen molar-refractivity contribution in [3.63, 3.8) is 0 Å². The highest BCUT2D eigenvalue weighted by Gasteiger charge is 2.46. The van der Waals surface area contributed by atoms with Gasteiger partial charge >= 0.3 is 0 Å². The van der Waals surface area contributed by atoms with Crippen LogP contribution < -0.4 is 24.6 Å². The molecule has 2 amide bonds. The fourth-order valence-electron chi connectivity index (χ4n) is 12.1. The van der Waals surface area contributed by atoms with E-state index < -0.39 is 12.5 Å². The van der Waals surface area contributed by atoms with Crippen molar-refractivity contribution in [2.45, 2.75) is 88.2 Å². The third-order valence-electron chi connectivity index (χ3n) is 15.2. The van der Waals surface area contributed by atoms with Crippen LogP contribution in [0, 0.1) is 5.92 Å². The molecule has 0 saturated carbocycles. The minimum Gasteiger partial charge on any atom is -0.496 e. The molecule has 63 heavy (non-hydrogen) atoms. The first-order valence-electron chi connectivity index (χ1n) is 22.7. The number of allylic oxidation sites excluding steroid dienone is 1. The number of piperidine rings is 2. The standard InChI is InChI=1S/C48H56F2N8O5/c1-28-4-10-41(46(59)52-28)58-24-38-34(47(58)60)8-11-40-45(38)62-27-32-23-54(16-17-56(32)40)22-30-20-48(63-26-30)12-14-55(15-13-48)31-5-6-35(42(19-31)61-3)44-33-7-9-39-37(21-51-53-39)36(33)18-29(2)57(44)25-43(49)50/h5-9,11,19,21,29-30,32,41,43-44H,1,4,10,12-18,20,22-27H2,2-3H3,(H,51,53)(H,52,59)/t29-,30?,32-,41?,44?/m1/s1. The molecule has 8 heterocycles. The molecule has 3 aromatic carbocycles. The summed E-state index contributed by atoms with van der Waals surface area (Å²) in [5.41, 5.74) is 8.23. The van der Waals surface area contributed by atoms with Crippen LogP contribution in [-0.2, 0) is 22.5 Å². The average Bonchev–Trinajstić information content (AvgIpc) is 4.01. The fraction of sp³-hybridized carbons (Fsp3) is 0.521. The van der Waals surface area contributed by atoms with Gasteiger partial charge in [-0.3, -0.25) is 24.5 Å². The maximum Gasteiger partial charge on any atom is 0.255 e. The number of aromatic nitrogens is 2. The van der Waals surface area contributed by atoms with Gasteiger partial charge in [0.15, 0.2) is 0 Å². The molecule has 11 rings (SSSR count). The summed E-state index contributed by atoms with van der Waals surface area (Å²) in [6, 6.07) is 13.6. The molecule has 0 radical (unpaired) electrons. The molecule has 4 aromatic rings. The molecule has 7 aliphatic heterocycles. The van der Waals surface area contributed by atoms with E-state index in [2.05, 4.69) is 61.1 Å². The van der Waals surface area contributed by atoms with Crippen LogP contribution in [0.15, 0.2) is 60.9 Å². The summed E-state index contributed by atoms with van der Waals surface area (Å²) in [7, 11) is 1.67. The number of amides is 2. The minimum absolute atomic E-state index is 0.0954. The van der Waals surface area contributed by atoms with Gasteiger partial charge in [-0.15, -0.1) is 0 Å². The number of benzene rings is 3. The third kappa shape index (κ3) is 7.01. The Labute approximate surface area is 366 Å². The molecule has 15 heteroatoms. The lowest BCUT2D eigenvalue weighted by Crippen LogP contribution is -2.58. The topological polar surface area (TPSA) is 119 Å². The fourth-order valence-corrected chi connectivity index (χ4v) is 12.1. The Bertz CT molecular complexity index is 2470. The lowest BCUT2D eigenvalue weighted by molar-refractivity contribution is -0.126. The molecule has 332 valence electrons. The van der Waals surface area contributed by atoms with Crippen molar-refractivity contribution in [2.75, 3.05) is 75.9 Å². The average molecular weight is 863 g/mol. The quantitative estimate of drug-likeness (QED) is 0.223. The van der Waals surface area contributed by atoms with E-state index in [0.29, 0.717) is 55.3 Å². The Morgan fingerprint density at radius 2 is 1.86 bits per heavy atom. The molecule has 3 unspecified atom stereocenters. The van der Waals surface area contributed by atoms with Gasteiger partial charge in [0.1, 0.15) is 24.1 Å². The molecule has 7 aliphatic rings. The Morgan fingerprint density at radius 1 is 1.02 bits per heavy atom. The van der Waals surface area contributed by atoms with E-state index in [0.717, 1.165) is 115 Å². The van der Waals surface area contributed by atoms with Crippen LogP contribution in [0.5, 0.6) is 11.5 Å². The first kappa shape index (κ1) is 40.5. The normalized spacial score (nSPS) is 27.1. The molecule has 2 N–H and O–H groups in total. The summed E-state index contributed by atoms with van der Waals surface area (Å²) in [6.45, 7) is 12.7. The van der Waals surface area contributed by atoms with E-state index >= 15 is 0 Å². The highest BCUT2D eigenvalue weighted by molar-refractivity contribution is 6.03. The molecule has 1 spiro atoms. The number of methoxy groups -OCH3 is 1. The van der Waals surface area contributed by atoms with Gasteiger partial charge in [-0.1, -0.05) is 18.7 Å². The van der Waals surface area contributed by atoms with Crippen molar-refractivity contribution >= 4 is 34.1 Å². The molecule has 1 aromatic heterocycles. The van der Waals surface area contributed by atoms with Gasteiger partial charge in [0.25, 0.3) is 12.3 Å². The van der Waals surface area contributed by atoms with Gasteiger partial charge < -0.3 is 34.2 Å². The van der Waals surface area contributed by atoms with Crippen LogP contribution >= 0.6 is 0 Å². The lowest BCUT2D eigenvalue weighted by Gasteiger charge is -2.46. The molecule has 13 nitrogen and oxygen atoms in total. The van der Waals surface area contributed by atoms with Gasteiger partial charge in [-0.05, 0) is 86.8 Å². The molecule has 4 saturated heterocycles. The zero-order valence-electron chi connectivity index (χ0n) is 36.1. The summed E-state index contributed by atoms with van der Waals surface area (Å²) in [4.78, 5) is 37.3. The van der Waals surface area contributed by atoms with E-state index in [-0.39, 0.29) is 42.1 Å². The van der Waals surface area contributed by atoms with E-state index in [9.17, 15) is 18.4 Å². The Kier molecular flexibility index (Phi) is 10.1. The number of hydrogen-bond donors (Lipinski definition) is 2. The van der Waals surface area contributed by atoms with E-state index in [1.165, 1.54) is 0 Å². The first-order valence-corrected chi connectivity index (χ1v) is 22.7. The van der Waals surface area contributed by atoms with Crippen LogP contribution in [0.2, 0.25) is 0 Å². The minimum atomic E-state index is -2.46. The number of hydrogen-bond acceptors (Lipinski definition) is 10. The molecule has 4 fully saturated rings. The molecule has 0 aliphatic carbocycles. The predicted molar refractivity (Wildman–Crippen MR) is 235 cm³/mol. The number of halogens is 2. The van der Waals surface area contributed by atoms with Gasteiger partial charge in [0.05, 0.1) is 61.9 Å². The summed E-state index contributed by atoms with van der Waals surface area (Å²) >= 11 is 0. The third-order valence-corrected chi connectivity index (χ3v) is 15.2. The van der Waals surface area contributed by atoms with Gasteiger partial charge in [0, 0.05) is 84.8 Å². The van der Waals surface area contributed by atoms with Crippen LogP contribution in [0.3, 0.4) is 0 Å².